The van der Waals surface area contributed by atoms with Crippen LogP contribution in [0, 0.1) is 6.92 Å². The lowest BCUT2D eigenvalue weighted by Crippen LogP contribution is -2.38. The number of hydrogen-bond donors (Lipinski definition) is 0. The van der Waals surface area contributed by atoms with E-state index in [4.69, 9.17) is 9.47 Å². The number of ketones is 1. The van der Waals surface area contributed by atoms with Gasteiger partial charge in [-0.25, -0.2) is 0 Å². The molecule has 0 amide bonds. The van der Waals surface area contributed by atoms with Crippen LogP contribution in [0.2, 0.25) is 0 Å². The number of fused-ring (bicyclic) bond motifs is 1. The van der Waals surface area contributed by atoms with Crippen molar-refractivity contribution in [1.82, 2.24) is 9.47 Å². The first-order valence-electron chi connectivity index (χ1n) is 9.24. The maximum Gasteiger partial charge on any atom is 0.195 e. The number of benzene rings is 1. The Balaban J connectivity index is 1.63. The fraction of sp³-hybridized carbons (Fsp3) is 0.381. The number of ether oxygens (including phenoxy) is 2. The van der Waals surface area contributed by atoms with Crippen LogP contribution >= 0.6 is 11.3 Å². The summed E-state index contributed by atoms with van der Waals surface area (Å²) in [5.74, 6) is 0.829. The maximum absolute atomic E-state index is 13.2. The predicted molar refractivity (Wildman–Crippen MR) is 108 cm³/mol. The van der Waals surface area contributed by atoms with Crippen molar-refractivity contribution in [3.05, 3.63) is 52.5 Å². The molecule has 4 rings (SSSR count). The summed E-state index contributed by atoms with van der Waals surface area (Å²) < 4.78 is 12.9. The average molecular weight is 385 g/mol. The number of nitrogens with zero attached hydrogens (tertiary/aromatic N) is 2. The smallest absolute Gasteiger partial charge is 0.195 e. The van der Waals surface area contributed by atoms with Gasteiger partial charge < -0.3 is 14.0 Å². The molecule has 1 aromatic carbocycles. The van der Waals surface area contributed by atoms with Gasteiger partial charge in [-0.1, -0.05) is 0 Å². The minimum Gasteiger partial charge on any atom is -0.497 e. The molecule has 1 aliphatic heterocycles. The van der Waals surface area contributed by atoms with Crippen LogP contribution in [0.15, 0.2) is 35.7 Å². The van der Waals surface area contributed by atoms with Crippen LogP contribution in [0.25, 0.3) is 10.2 Å². The SMILES string of the molecule is COc1ccc(C(=O)c2c(C)n(CCN3CCOCC3)c3sccc23)cc1. The zero-order valence-electron chi connectivity index (χ0n) is 15.7. The summed E-state index contributed by atoms with van der Waals surface area (Å²) in [5.41, 5.74) is 2.56. The van der Waals surface area contributed by atoms with E-state index in [2.05, 4.69) is 27.8 Å². The number of carbonyl (C=O) groups is 1. The van der Waals surface area contributed by atoms with Gasteiger partial charge in [0, 0.05) is 42.8 Å². The molecule has 1 aliphatic rings. The zero-order chi connectivity index (χ0) is 18.8. The van der Waals surface area contributed by atoms with Crippen molar-refractivity contribution in [2.24, 2.45) is 0 Å². The Morgan fingerprint density at radius 3 is 2.59 bits per heavy atom. The molecular formula is C21H24N2O3S. The van der Waals surface area contributed by atoms with Gasteiger partial charge in [-0.3, -0.25) is 9.69 Å². The first-order chi connectivity index (χ1) is 13.2. The fourth-order valence-electron chi connectivity index (χ4n) is 3.69. The van der Waals surface area contributed by atoms with Gasteiger partial charge >= 0.3 is 0 Å². The summed E-state index contributed by atoms with van der Waals surface area (Å²) in [6, 6.07) is 9.41. The second-order valence-electron chi connectivity index (χ2n) is 6.76. The van der Waals surface area contributed by atoms with Crippen molar-refractivity contribution >= 4 is 27.3 Å². The Bertz CT molecular complexity index is 936. The van der Waals surface area contributed by atoms with E-state index in [1.165, 1.54) is 4.83 Å². The topological polar surface area (TPSA) is 43.7 Å². The van der Waals surface area contributed by atoms with Gasteiger partial charge in [0.1, 0.15) is 10.6 Å². The minimum absolute atomic E-state index is 0.0728. The van der Waals surface area contributed by atoms with Crippen LogP contribution in [0.1, 0.15) is 21.6 Å². The third kappa shape index (κ3) is 3.52. The molecule has 1 saturated heterocycles. The van der Waals surface area contributed by atoms with E-state index >= 15 is 0 Å². The number of rotatable bonds is 6. The Hall–Kier alpha value is -2.15. The second-order valence-corrected chi connectivity index (χ2v) is 7.66. The molecule has 0 saturated carbocycles. The van der Waals surface area contributed by atoms with E-state index in [-0.39, 0.29) is 5.78 Å². The summed E-state index contributed by atoms with van der Waals surface area (Å²) in [4.78, 5) is 16.8. The Labute approximate surface area is 163 Å². The molecule has 0 unspecified atom stereocenters. The lowest BCUT2D eigenvalue weighted by molar-refractivity contribution is 0.0365. The van der Waals surface area contributed by atoms with Gasteiger partial charge in [-0.15, -0.1) is 11.3 Å². The van der Waals surface area contributed by atoms with E-state index in [1.54, 1.807) is 18.4 Å². The highest BCUT2D eigenvalue weighted by Crippen LogP contribution is 2.32. The summed E-state index contributed by atoms with van der Waals surface area (Å²) in [7, 11) is 1.63. The second kappa shape index (κ2) is 7.84. The van der Waals surface area contributed by atoms with Crippen LogP contribution in [0.3, 0.4) is 0 Å². The molecule has 2 aromatic heterocycles. The average Bonchev–Trinajstić information content (AvgIpc) is 3.27. The Kier molecular flexibility index (Phi) is 5.29. The molecular weight excluding hydrogens is 360 g/mol. The van der Waals surface area contributed by atoms with Crippen molar-refractivity contribution < 1.29 is 14.3 Å². The third-order valence-electron chi connectivity index (χ3n) is 5.25. The van der Waals surface area contributed by atoms with Crippen LogP contribution in [-0.2, 0) is 11.3 Å². The number of carbonyl (C=O) groups excluding carboxylic acids is 1. The first kappa shape index (κ1) is 18.2. The van der Waals surface area contributed by atoms with E-state index in [1.807, 2.05) is 24.3 Å². The van der Waals surface area contributed by atoms with Gasteiger partial charge in [0.2, 0.25) is 0 Å². The van der Waals surface area contributed by atoms with Gasteiger partial charge in [-0.05, 0) is 42.6 Å². The van der Waals surface area contributed by atoms with Crippen LogP contribution in [0.5, 0.6) is 5.75 Å². The van der Waals surface area contributed by atoms with Crippen molar-refractivity contribution in [3.8, 4) is 5.75 Å². The lowest BCUT2D eigenvalue weighted by atomic mass is 10.0. The first-order valence-corrected chi connectivity index (χ1v) is 10.1. The number of morpholine rings is 1. The van der Waals surface area contributed by atoms with E-state index in [0.29, 0.717) is 5.56 Å². The molecule has 27 heavy (non-hydrogen) atoms. The van der Waals surface area contributed by atoms with E-state index < -0.39 is 0 Å². The molecule has 3 heterocycles. The summed E-state index contributed by atoms with van der Waals surface area (Å²) in [6.45, 7) is 7.49. The molecule has 1 fully saturated rings. The van der Waals surface area contributed by atoms with Crippen molar-refractivity contribution in [3.63, 3.8) is 0 Å². The van der Waals surface area contributed by atoms with Crippen molar-refractivity contribution in [1.29, 1.82) is 0 Å². The molecule has 0 N–H and O–H groups in total. The third-order valence-corrected chi connectivity index (χ3v) is 6.18. The van der Waals surface area contributed by atoms with Crippen LogP contribution < -0.4 is 4.74 Å². The van der Waals surface area contributed by atoms with Crippen molar-refractivity contribution in [2.75, 3.05) is 40.0 Å². The van der Waals surface area contributed by atoms with Crippen LogP contribution in [-0.4, -0.2) is 55.2 Å². The van der Waals surface area contributed by atoms with E-state index in [0.717, 1.165) is 61.8 Å². The molecule has 142 valence electrons. The summed E-state index contributed by atoms with van der Waals surface area (Å²) >= 11 is 1.70. The normalized spacial score (nSPS) is 15.3. The summed E-state index contributed by atoms with van der Waals surface area (Å²) in [5, 5.41) is 3.13. The van der Waals surface area contributed by atoms with Gasteiger partial charge in [0.15, 0.2) is 5.78 Å². The largest absolute Gasteiger partial charge is 0.497 e. The molecule has 0 aliphatic carbocycles. The van der Waals surface area contributed by atoms with Gasteiger partial charge in [-0.2, -0.15) is 0 Å². The number of aromatic nitrogens is 1. The molecule has 5 nitrogen and oxygen atoms in total. The summed E-state index contributed by atoms with van der Waals surface area (Å²) in [6.07, 6.45) is 0. The molecule has 0 radical (unpaired) electrons. The highest BCUT2D eigenvalue weighted by atomic mass is 32.1. The number of methoxy groups -OCH3 is 1. The standard InChI is InChI=1S/C21H24N2O3S/c1-15-19(20(24)16-3-5-17(25-2)6-4-16)18-7-14-27-21(18)23(15)9-8-22-10-12-26-13-11-22/h3-7,14H,8-13H2,1-2H3. The molecule has 0 atom stereocenters. The highest BCUT2D eigenvalue weighted by Gasteiger charge is 2.22. The maximum atomic E-state index is 13.2. The van der Waals surface area contributed by atoms with Crippen molar-refractivity contribution in [2.45, 2.75) is 13.5 Å². The lowest BCUT2D eigenvalue weighted by Gasteiger charge is -2.26. The molecule has 0 spiro atoms. The molecule has 6 heteroatoms. The van der Waals surface area contributed by atoms with Crippen LogP contribution in [0.4, 0.5) is 0 Å². The van der Waals surface area contributed by atoms with Gasteiger partial charge in [0.25, 0.3) is 0 Å². The van der Waals surface area contributed by atoms with E-state index in [9.17, 15) is 4.79 Å². The monoisotopic (exact) mass is 384 g/mol. The molecule has 0 bridgehead atoms. The predicted octanol–water partition coefficient (Wildman–Crippen LogP) is 3.58. The van der Waals surface area contributed by atoms with Gasteiger partial charge in [0.05, 0.1) is 25.9 Å². The highest BCUT2D eigenvalue weighted by molar-refractivity contribution is 7.16. The quantitative estimate of drug-likeness (QED) is 0.610. The minimum atomic E-state index is 0.0728. The molecule has 3 aromatic rings. The fourth-order valence-corrected chi connectivity index (χ4v) is 4.68. The Morgan fingerprint density at radius 1 is 1.15 bits per heavy atom. The number of thiophene rings is 1. The zero-order valence-corrected chi connectivity index (χ0v) is 16.6. The number of hydrogen-bond acceptors (Lipinski definition) is 5. The Morgan fingerprint density at radius 2 is 1.89 bits per heavy atom.